The van der Waals surface area contributed by atoms with Crippen LogP contribution in [0.1, 0.15) is 18.9 Å². The second-order valence-electron chi connectivity index (χ2n) is 7.21. The van der Waals surface area contributed by atoms with Crippen LogP contribution in [0, 0.1) is 0 Å². The third-order valence-corrected chi connectivity index (χ3v) is 4.96. The van der Waals surface area contributed by atoms with Gasteiger partial charge in [0.25, 0.3) is 0 Å². The van der Waals surface area contributed by atoms with Crippen molar-refractivity contribution >= 4 is 23.2 Å². The molecular formula is C22H27N3O4. The zero-order valence-corrected chi connectivity index (χ0v) is 17.3. The third-order valence-electron chi connectivity index (χ3n) is 4.96. The highest BCUT2D eigenvalue weighted by Gasteiger charge is 2.30. The number of nitrogens with one attached hydrogen (secondary N) is 1. The number of anilines is 2. The first-order chi connectivity index (χ1) is 13.9. The summed E-state index contributed by atoms with van der Waals surface area (Å²) in [7, 11) is 5.09. The minimum absolute atomic E-state index is 0.0641. The Balaban J connectivity index is 1.79. The molecule has 0 radical (unpaired) electrons. The van der Waals surface area contributed by atoms with Crippen LogP contribution in [-0.4, -0.2) is 50.6 Å². The molecule has 7 nitrogen and oxygen atoms in total. The standard InChI is InChI=1S/C22H27N3O4/c1-15-12-20(26)23-17-9-5-6-10-18(17)25(15)21(27)14-24(2)13-16-8-7-11-19(28-3)22(16)29-4/h5-11,15H,12-14H2,1-4H3,(H,23,26). The SMILES string of the molecule is COc1cccc(CN(C)CC(=O)N2c3ccccc3NC(=O)CC2C)c1OC. The van der Waals surface area contributed by atoms with E-state index in [1.54, 1.807) is 19.1 Å². The van der Waals surface area contributed by atoms with Gasteiger partial charge in [-0.05, 0) is 32.2 Å². The Morgan fingerprint density at radius 3 is 2.66 bits per heavy atom. The molecule has 2 amide bonds. The zero-order chi connectivity index (χ0) is 21.0. The number of likely N-dealkylation sites (N-methyl/N-ethyl adjacent to an activating group) is 1. The number of ether oxygens (including phenoxy) is 2. The summed E-state index contributed by atoms with van der Waals surface area (Å²) in [5.74, 6) is 1.17. The summed E-state index contributed by atoms with van der Waals surface area (Å²) in [5, 5.41) is 2.88. The van der Waals surface area contributed by atoms with Crippen LogP contribution in [0.3, 0.4) is 0 Å². The summed E-state index contributed by atoms with van der Waals surface area (Å²) in [6.45, 7) is 2.62. The molecule has 154 valence electrons. The molecule has 0 aromatic heterocycles. The summed E-state index contributed by atoms with van der Waals surface area (Å²) >= 11 is 0. The number of benzene rings is 2. The van der Waals surface area contributed by atoms with Crippen LogP contribution in [0.15, 0.2) is 42.5 Å². The van der Waals surface area contributed by atoms with Gasteiger partial charge in [-0.3, -0.25) is 14.5 Å². The van der Waals surface area contributed by atoms with Gasteiger partial charge in [-0.15, -0.1) is 0 Å². The molecule has 1 aliphatic rings. The summed E-state index contributed by atoms with van der Waals surface area (Å²) in [4.78, 5) is 29.0. The molecule has 1 N–H and O–H groups in total. The monoisotopic (exact) mass is 397 g/mol. The molecule has 3 rings (SSSR count). The van der Waals surface area contributed by atoms with Crippen LogP contribution in [0.25, 0.3) is 0 Å². The van der Waals surface area contributed by atoms with E-state index in [2.05, 4.69) is 5.32 Å². The molecule has 2 aromatic rings. The lowest BCUT2D eigenvalue weighted by Gasteiger charge is -2.30. The van der Waals surface area contributed by atoms with E-state index in [4.69, 9.17) is 9.47 Å². The van der Waals surface area contributed by atoms with Crippen LogP contribution < -0.4 is 19.7 Å². The molecule has 0 aliphatic carbocycles. The summed E-state index contributed by atoms with van der Waals surface area (Å²) in [6.07, 6.45) is 0.258. The van der Waals surface area contributed by atoms with Crippen LogP contribution in [-0.2, 0) is 16.1 Å². The summed E-state index contributed by atoms with van der Waals surface area (Å²) in [6, 6.07) is 12.9. The van der Waals surface area contributed by atoms with Crippen LogP contribution in [0.2, 0.25) is 0 Å². The summed E-state index contributed by atoms with van der Waals surface area (Å²) in [5.41, 5.74) is 2.32. The maximum absolute atomic E-state index is 13.2. The number of hydrogen-bond acceptors (Lipinski definition) is 5. The molecule has 0 fully saturated rings. The summed E-state index contributed by atoms with van der Waals surface area (Å²) < 4.78 is 10.8. The molecule has 0 bridgehead atoms. The topological polar surface area (TPSA) is 71.1 Å². The van der Waals surface area contributed by atoms with Crippen molar-refractivity contribution in [3.63, 3.8) is 0 Å². The van der Waals surface area contributed by atoms with Gasteiger partial charge in [0, 0.05) is 24.6 Å². The maximum atomic E-state index is 13.2. The van der Waals surface area contributed by atoms with E-state index in [9.17, 15) is 9.59 Å². The van der Waals surface area contributed by atoms with Crippen LogP contribution in [0.4, 0.5) is 11.4 Å². The van der Waals surface area contributed by atoms with E-state index in [1.807, 2.05) is 61.3 Å². The van der Waals surface area contributed by atoms with Crippen molar-refractivity contribution in [3.05, 3.63) is 48.0 Å². The quantitative estimate of drug-likeness (QED) is 0.812. The molecule has 0 spiro atoms. The van der Waals surface area contributed by atoms with Gasteiger partial charge in [0.05, 0.1) is 32.1 Å². The molecule has 0 saturated carbocycles. The highest BCUT2D eigenvalue weighted by Crippen LogP contribution is 2.33. The Morgan fingerprint density at radius 1 is 1.17 bits per heavy atom. The number of rotatable bonds is 6. The first kappa shape index (κ1) is 20.7. The fraction of sp³-hybridized carbons (Fsp3) is 0.364. The lowest BCUT2D eigenvalue weighted by Crippen LogP contribution is -2.44. The molecule has 7 heteroatoms. The van der Waals surface area contributed by atoms with Crippen molar-refractivity contribution in [1.29, 1.82) is 0 Å². The van der Waals surface area contributed by atoms with Crippen molar-refractivity contribution in [2.24, 2.45) is 0 Å². The number of para-hydroxylation sites is 3. The lowest BCUT2D eigenvalue weighted by molar-refractivity contribution is -0.120. The fourth-order valence-electron chi connectivity index (χ4n) is 3.70. The van der Waals surface area contributed by atoms with Gasteiger partial charge < -0.3 is 19.7 Å². The van der Waals surface area contributed by atoms with Gasteiger partial charge in [-0.25, -0.2) is 0 Å². The number of fused-ring (bicyclic) bond motifs is 1. The average Bonchev–Trinajstić information content (AvgIpc) is 2.81. The molecule has 0 saturated heterocycles. The Labute approximate surface area is 171 Å². The smallest absolute Gasteiger partial charge is 0.241 e. The Morgan fingerprint density at radius 2 is 1.93 bits per heavy atom. The number of methoxy groups -OCH3 is 2. The molecule has 2 aromatic carbocycles. The maximum Gasteiger partial charge on any atom is 0.241 e. The number of carbonyl (C=O) groups is 2. The fourth-order valence-corrected chi connectivity index (χ4v) is 3.70. The minimum Gasteiger partial charge on any atom is -0.493 e. The van der Waals surface area contributed by atoms with Crippen LogP contribution in [0.5, 0.6) is 11.5 Å². The van der Waals surface area contributed by atoms with Crippen molar-refractivity contribution in [2.45, 2.75) is 25.9 Å². The molecule has 1 unspecified atom stereocenters. The molecule has 1 aliphatic heterocycles. The van der Waals surface area contributed by atoms with Gasteiger partial charge in [-0.2, -0.15) is 0 Å². The van der Waals surface area contributed by atoms with Crippen molar-refractivity contribution < 1.29 is 19.1 Å². The van der Waals surface area contributed by atoms with E-state index in [0.717, 1.165) is 11.3 Å². The van der Waals surface area contributed by atoms with Gasteiger partial charge in [0.2, 0.25) is 11.8 Å². The van der Waals surface area contributed by atoms with E-state index in [0.29, 0.717) is 23.7 Å². The Bertz CT molecular complexity index is 899. The van der Waals surface area contributed by atoms with Gasteiger partial charge >= 0.3 is 0 Å². The highest BCUT2D eigenvalue weighted by atomic mass is 16.5. The van der Waals surface area contributed by atoms with Crippen molar-refractivity contribution in [1.82, 2.24) is 4.90 Å². The average molecular weight is 397 g/mol. The van der Waals surface area contributed by atoms with Crippen LogP contribution >= 0.6 is 0 Å². The second-order valence-corrected chi connectivity index (χ2v) is 7.21. The molecular weight excluding hydrogens is 370 g/mol. The highest BCUT2D eigenvalue weighted by molar-refractivity contribution is 6.04. The number of nitrogens with zero attached hydrogens (tertiary/aromatic N) is 2. The normalized spacial score (nSPS) is 16.1. The van der Waals surface area contributed by atoms with E-state index < -0.39 is 0 Å². The van der Waals surface area contributed by atoms with E-state index in [-0.39, 0.29) is 30.8 Å². The molecule has 1 atom stereocenters. The number of hydrogen-bond donors (Lipinski definition) is 1. The van der Waals surface area contributed by atoms with Gasteiger partial charge in [0.1, 0.15) is 0 Å². The van der Waals surface area contributed by atoms with Gasteiger partial charge in [0.15, 0.2) is 11.5 Å². The Hall–Kier alpha value is -3.06. The predicted octanol–water partition coefficient (Wildman–Crippen LogP) is 2.90. The molecule has 29 heavy (non-hydrogen) atoms. The largest absolute Gasteiger partial charge is 0.493 e. The van der Waals surface area contributed by atoms with Gasteiger partial charge in [-0.1, -0.05) is 24.3 Å². The Kier molecular flexibility index (Phi) is 6.39. The predicted molar refractivity (Wildman–Crippen MR) is 113 cm³/mol. The lowest BCUT2D eigenvalue weighted by atomic mass is 10.1. The number of carbonyl (C=O) groups excluding carboxylic acids is 2. The molecule has 1 heterocycles. The second kappa shape index (κ2) is 8.96. The first-order valence-electron chi connectivity index (χ1n) is 9.54. The van der Waals surface area contributed by atoms with E-state index >= 15 is 0 Å². The van der Waals surface area contributed by atoms with Crippen molar-refractivity contribution in [2.75, 3.05) is 38.0 Å². The first-order valence-corrected chi connectivity index (χ1v) is 9.54. The zero-order valence-electron chi connectivity index (χ0n) is 17.3. The number of amides is 2. The van der Waals surface area contributed by atoms with Crippen molar-refractivity contribution in [3.8, 4) is 11.5 Å². The third kappa shape index (κ3) is 4.51. The minimum atomic E-state index is -0.231. The van der Waals surface area contributed by atoms with E-state index in [1.165, 1.54) is 0 Å².